The second-order valence-electron chi connectivity index (χ2n) is 7.55. The Morgan fingerprint density at radius 1 is 0.969 bits per heavy atom. The van der Waals surface area contributed by atoms with Crippen LogP contribution in [0.5, 0.6) is 0 Å². The van der Waals surface area contributed by atoms with Crippen LogP contribution < -0.4 is 4.90 Å². The number of aromatic nitrogens is 5. The van der Waals surface area contributed by atoms with Crippen LogP contribution in [0, 0.1) is 12.7 Å². The lowest BCUT2D eigenvalue weighted by atomic mass is 10.2. The van der Waals surface area contributed by atoms with Gasteiger partial charge >= 0.3 is 0 Å². The lowest BCUT2D eigenvalue weighted by Gasteiger charge is -2.34. The largest absolute Gasteiger partial charge is 0.352 e. The van der Waals surface area contributed by atoms with Crippen molar-refractivity contribution in [3.63, 3.8) is 0 Å². The summed E-state index contributed by atoms with van der Waals surface area (Å²) in [5, 5.41) is 8.54. The van der Waals surface area contributed by atoms with E-state index in [0.717, 1.165) is 17.3 Å². The molecule has 0 N–H and O–H groups in total. The summed E-state index contributed by atoms with van der Waals surface area (Å²) in [6.45, 7) is 3.33. The first-order valence-corrected chi connectivity index (χ1v) is 11.5. The van der Waals surface area contributed by atoms with E-state index in [1.807, 2.05) is 36.1 Å². The summed E-state index contributed by atoms with van der Waals surface area (Å²) >= 11 is 0. The number of rotatable bonds is 4. The number of piperazine rings is 1. The molecule has 5 rings (SSSR count). The Labute approximate surface area is 184 Å². The van der Waals surface area contributed by atoms with Gasteiger partial charge in [0, 0.05) is 26.2 Å². The number of sulfonamides is 1. The van der Waals surface area contributed by atoms with E-state index in [9.17, 15) is 12.8 Å². The molecule has 0 saturated carbocycles. The number of hydrogen-bond donors (Lipinski definition) is 0. The lowest BCUT2D eigenvalue weighted by Crippen LogP contribution is -2.49. The molecule has 0 unspecified atom stereocenters. The van der Waals surface area contributed by atoms with Crippen LogP contribution in [0.25, 0.3) is 16.9 Å². The standard InChI is InChI=1S/C21H20FN7O2S/c1-15-5-7-17(8-6-15)29-21-19(25-26-29)20(23-14-24-21)27-9-11-28(12-10-27)32(30,31)18-4-2-3-16(22)13-18/h2-8,13-14H,9-12H2,1H3. The van der Waals surface area contributed by atoms with Crippen LogP contribution in [0.1, 0.15) is 5.56 Å². The fourth-order valence-corrected chi connectivity index (χ4v) is 5.20. The average Bonchev–Trinajstić information content (AvgIpc) is 3.24. The zero-order valence-corrected chi connectivity index (χ0v) is 18.1. The van der Waals surface area contributed by atoms with Crippen LogP contribution in [0.15, 0.2) is 59.8 Å². The molecule has 11 heteroatoms. The fraction of sp³-hybridized carbons (Fsp3) is 0.238. The normalized spacial score (nSPS) is 15.4. The van der Waals surface area contributed by atoms with Gasteiger partial charge in [-0.2, -0.15) is 8.99 Å². The summed E-state index contributed by atoms with van der Waals surface area (Å²) in [6.07, 6.45) is 1.46. The van der Waals surface area contributed by atoms with Gasteiger partial charge in [0.2, 0.25) is 10.0 Å². The molecule has 3 heterocycles. The SMILES string of the molecule is Cc1ccc(-n2nnc3c(N4CCN(S(=O)(=O)c5cccc(F)c5)CC4)ncnc32)cc1. The van der Waals surface area contributed by atoms with Gasteiger partial charge in [-0.05, 0) is 37.3 Å². The minimum atomic E-state index is -3.77. The van der Waals surface area contributed by atoms with Crippen LogP contribution >= 0.6 is 0 Å². The number of hydrogen-bond acceptors (Lipinski definition) is 7. The maximum atomic E-state index is 13.5. The van der Waals surface area contributed by atoms with Crippen molar-refractivity contribution in [2.24, 2.45) is 0 Å². The number of nitrogens with zero attached hydrogens (tertiary/aromatic N) is 7. The Bertz CT molecular complexity index is 1380. The van der Waals surface area contributed by atoms with E-state index in [4.69, 9.17) is 0 Å². The minimum absolute atomic E-state index is 0.0450. The van der Waals surface area contributed by atoms with Crippen molar-refractivity contribution in [2.75, 3.05) is 31.1 Å². The average molecular weight is 454 g/mol. The van der Waals surface area contributed by atoms with E-state index in [1.165, 1.54) is 28.8 Å². The quantitative estimate of drug-likeness (QED) is 0.467. The van der Waals surface area contributed by atoms with E-state index < -0.39 is 15.8 Å². The van der Waals surface area contributed by atoms with Crippen molar-refractivity contribution in [1.29, 1.82) is 0 Å². The molecule has 0 bridgehead atoms. The van der Waals surface area contributed by atoms with Crippen LogP contribution in [0.2, 0.25) is 0 Å². The molecule has 9 nitrogen and oxygen atoms in total. The third-order valence-electron chi connectivity index (χ3n) is 5.47. The van der Waals surface area contributed by atoms with E-state index >= 15 is 0 Å². The van der Waals surface area contributed by atoms with E-state index in [2.05, 4.69) is 20.3 Å². The molecule has 1 fully saturated rings. The van der Waals surface area contributed by atoms with Crippen molar-refractivity contribution in [2.45, 2.75) is 11.8 Å². The molecule has 0 radical (unpaired) electrons. The summed E-state index contributed by atoms with van der Waals surface area (Å²) in [6, 6.07) is 12.9. The first-order valence-electron chi connectivity index (χ1n) is 10.1. The molecule has 32 heavy (non-hydrogen) atoms. The van der Waals surface area contributed by atoms with Crippen molar-refractivity contribution >= 4 is 27.0 Å². The first-order chi connectivity index (χ1) is 15.4. The molecule has 2 aromatic heterocycles. The van der Waals surface area contributed by atoms with Gasteiger partial charge in [-0.1, -0.05) is 29.0 Å². The van der Waals surface area contributed by atoms with Crippen LogP contribution in [0.3, 0.4) is 0 Å². The second kappa shape index (κ2) is 7.92. The maximum absolute atomic E-state index is 13.5. The van der Waals surface area contributed by atoms with Gasteiger partial charge in [0.05, 0.1) is 10.6 Å². The van der Waals surface area contributed by atoms with Crippen molar-refractivity contribution in [3.05, 3.63) is 66.2 Å². The zero-order valence-electron chi connectivity index (χ0n) is 17.3. The van der Waals surface area contributed by atoms with Crippen LogP contribution in [-0.2, 0) is 10.0 Å². The minimum Gasteiger partial charge on any atom is -0.352 e. The molecular formula is C21H20FN7O2S. The number of aryl methyl sites for hydroxylation is 1. The molecule has 4 aromatic rings. The Balaban J connectivity index is 1.39. The third kappa shape index (κ3) is 3.59. The van der Waals surface area contributed by atoms with Gasteiger partial charge in [0.15, 0.2) is 17.0 Å². The number of halogens is 1. The summed E-state index contributed by atoms with van der Waals surface area (Å²) in [4.78, 5) is 10.7. The highest BCUT2D eigenvalue weighted by molar-refractivity contribution is 7.89. The number of anilines is 1. The molecule has 0 atom stereocenters. The van der Waals surface area contributed by atoms with Crippen molar-refractivity contribution in [1.82, 2.24) is 29.3 Å². The Kier molecular flexibility index (Phi) is 5.06. The second-order valence-corrected chi connectivity index (χ2v) is 9.49. The predicted molar refractivity (Wildman–Crippen MR) is 117 cm³/mol. The van der Waals surface area contributed by atoms with Crippen LogP contribution in [0.4, 0.5) is 10.2 Å². The lowest BCUT2D eigenvalue weighted by molar-refractivity contribution is 0.384. The highest BCUT2D eigenvalue weighted by atomic mass is 32.2. The molecule has 0 aliphatic carbocycles. The summed E-state index contributed by atoms with van der Waals surface area (Å²) in [5.41, 5.74) is 3.11. The van der Waals surface area contributed by atoms with E-state index in [1.54, 1.807) is 4.68 Å². The molecular weight excluding hydrogens is 433 g/mol. The van der Waals surface area contributed by atoms with Gasteiger partial charge in [-0.25, -0.2) is 22.8 Å². The van der Waals surface area contributed by atoms with Crippen molar-refractivity contribution in [3.8, 4) is 5.69 Å². The van der Waals surface area contributed by atoms with Gasteiger partial charge in [0.1, 0.15) is 12.1 Å². The molecule has 1 aliphatic heterocycles. The summed E-state index contributed by atoms with van der Waals surface area (Å²) in [7, 11) is -3.77. The molecule has 2 aromatic carbocycles. The van der Waals surface area contributed by atoms with Crippen molar-refractivity contribution < 1.29 is 12.8 Å². The predicted octanol–water partition coefficient (Wildman–Crippen LogP) is 2.17. The smallest absolute Gasteiger partial charge is 0.243 e. The molecule has 0 spiro atoms. The molecule has 1 saturated heterocycles. The van der Waals surface area contributed by atoms with Gasteiger partial charge in [0.25, 0.3) is 0 Å². The Hall–Kier alpha value is -3.44. The third-order valence-corrected chi connectivity index (χ3v) is 7.36. The number of benzene rings is 2. The molecule has 1 aliphatic rings. The highest BCUT2D eigenvalue weighted by Crippen LogP contribution is 2.25. The van der Waals surface area contributed by atoms with Gasteiger partial charge in [-0.15, -0.1) is 5.10 Å². The van der Waals surface area contributed by atoms with Crippen LogP contribution in [-0.4, -0.2) is 63.9 Å². The molecule has 164 valence electrons. The monoisotopic (exact) mass is 453 g/mol. The maximum Gasteiger partial charge on any atom is 0.243 e. The van der Waals surface area contributed by atoms with E-state index in [0.29, 0.717) is 30.1 Å². The zero-order chi connectivity index (χ0) is 22.3. The highest BCUT2D eigenvalue weighted by Gasteiger charge is 2.30. The summed E-state index contributed by atoms with van der Waals surface area (Å²) < 4.78 is 42.3. The Morgan fingerprint density at radius 2 is 1.72 bits per heavy atom. The fourth-order valence-electron chi connectivity index (χ4n) is 3.74. The molecule has 0 amide bonds. The van der Waals surface area contributed by atoms with Gasteiger partial charge in [-0.3, -0.25) is 0 Å². The van der Waals surface area contributed by atoms with E-state index in [-0.39, 0.29) is 18.0 Å². The van der Waals surface area contributed by atoms with Gasteiger partial charge < -0.3 is 4.90 Å². The first kappa shape index (κ1) is 20.5. The Morgan fingerprint density at radius 3 is 2.44 bits per heavy atom. The number of fused-ring (bicyclic) bond motifs is 1. The summed E-state index contributed by atoms with van der Waals surface area (Å²) in [5.74, 6) is 0.0286. The topological polar surface area (TPSA) is 97.1 Å².